The summed E-state index contributed by atoms with van der Waals surface area (Å²) in [5.41, 5.74) is 8.52. The summed E-state index contributed by atoms with van der Waals surface area (Å²) in [7, 11) is 1.83. The van der Waals surface area contributed by atoms with Gasteiger partial charge in [-0.1, -0.05) is 18.2 Å². The van der Waals surface area contributed by atoms with Gasteiger partial charge in [0.2, 0.25) is 0 Å². The van der Waals surface area contributed by atoms with Crippen LogP contribution in [0.3, 0.4) is 0 Å². The van der Waals surface area contributed by atoms with Crippen LogP contribution in [0.25, 0.3) is 11.1 Å². The monoisotopic (exact) mass is 271 g/mol. The van der Waals surface area contributed by atoms with Gasteiger partial charge in [-0.3, -0.25) is 4.68 Å². The Labute approximate surface area is 117 Å². The molecule has 2 aliphatic rings. The second-order valence-electron chi connectivity index (χ2n) is 6.17. The fraction of sp³-hybridized carbons (Fsp3) is 0.438. The molecule has 1 aromatic carbocycles. The molecule has 1 aromatic heterocycles. The number of halogens is 1. The zero-order valence-corrected chi connectivity index (χ0v) is 11.5. The van der Waals surface area contributed by atoms with E-state index in [9.17, 15) is 4.39 Å². The predicted molar refractivity (Wildman–Crippen MR) is 76.6 cm³/mol. The average Bonchev–Trinajstić information content (AvgIpc) is 2.93. The molecular weight excluding hydrogens is 253 g/mol. The normalized spacial score (nSPS) is 27.6. The molecule has 0 amide bonds. The van der Waals surface area contributed by atoms with Crippen LogP contribution in [0.15, 0.2) is 24.3 Å². The molecular formula is C16H18FN3. The Morgan fingerprint density at radius 2 is 1.90 bits per heavy atom. The minimum Gasteiger partial charge on any atom is -0.383 e. The summed E-state index contributed by atoms with van der Waals surface area (Å²) in [6.07, 6.45) is 3.74. The van der Waals surface area contributed by atoms with E-state index in [1.807, 2.05) is 13.1 Å². The number of nitrogens with zero attached hydrogens (tertiary/aromatic N) is 2. The number of benzene rings is 1. The van der Waals surface area contributed by atoms with Crippen LogP contribution in [0.5, 0.6) is 0 Å². The number of fused-ring (bicyclic) bond motifs is 1. The van der Waals surface area contributed by atoms with E-state index in [4.69, 9.17) is 5.73 Å². The molecule has 1 heterocycles. The molecule has 0 spiro atoms. The first-order valence-electron chi connectivity index (χ1n) is 7.22. The molecule has 4 heteroatoms. The van der Waals surface area contributed by atoms with Crippen molar-refractivity contribution in [1.82, 2.24) is 9.78 Å². The van der Waals surface area contributed by atoms with Gasteiger partial charge in [-0.2, -0.15) is 5.10 Å². The fourth-order valence-corrected chi connectivity index (χ4v) is 3.72. The highest BCUT2D eigenvalue weighted by Crippen LogP contribution is 2.58. The second kappa shape index (κ2) is 4.08. The number of nitrogen functional groups attached to an aromatic ring is 1. The molecule has 0 saturated heterocycles. The van der Waals surface area contributed by atoms with Gasteiger partial charge in [-0.25, -0.2) is 4.39 Å². The summed E-state index contributed by atoms with van der Waals surface area (Å²) in [4.78, 5) is 0. The zero-order chi connectivity index (χ0) is 13.9. The second-order valence-corrected chi connectivity index (χ2v) is 6.17. The lowest BCUT2D eigenvalue weighted by Crippen LogP contribution is -2.00. The van der Waals surface area contributed by atoms with Crippen molar-refractivity contribution in [2.75, 3.05) is 5.73 Å². The predicted octanol–water partition coefficient (Wildman–Crippen LogP) is 3.32. The van der Waals surface area contributed by atoms with E-state index < -0.39 is 0 Å². The molecule has 2 aromatic rings. The van der Waals surface area contributed by atoms with E-state index in [0.717, 1.165) is 23.1 Å². The van der Waals surface area contributed by atoms with E-state index >= 15 is 0 Å². The third-order valence-corrected chi connectivity index (χ3v) is 4.89. The molecule has 3 nitrogen and oxygen atoms in total. The number of rotatable bonds is 2. The molecule has 2 aliphatic carbocycles. The van der Waals surface area contributed by atoms with Crippen LogP contribution in [0.4, 0.5) is 10.2 Å². The first kappa shape index (κ1) is 11.9. The maximum Gasteiger partial charge on any atom is 0.131 e. The molecule has 0 bridgehead atoms. The summed E-state index contributed by atoms with van der Waals surface area (Å²) >= 11 is 0. The Morgan fingerprint density at radius 1 is 1.20 bits per heavy atom. The van der Waals surface area contributed by atoms with Crippen LogP contribution in [-0.4, -0.2) is 9.78 Å². The lowest BCUT2D eigenvalue weighted by Gasteiger charge is -2.12. The number of aryl methyl sites for hydroxylation is 1. The Kier molecular flexibility index (Phi) is 2.43. The topological polar surface area (TPSA) is 43.8 Å². The number of hydrogen-bond donors (Lipinski definition) is 1. The maximum absolute atomic E-state index is 14.1. The van der Waals surface area contributed by atoms with Crippen molar-refractivity contribution >= 4 is 5.82 Å². The van der Waals surface area contributed by atoms with Gasteiger partial charge in [0.1, 0.15) is 11.6 Å². The first-order valence-corrected chi connectivity index (χ1v) is 7.22. The van der Waals surface area contributed by atoms with Gasteiger partial charge >= 0.3 is 0 Å². The van der Waals surface area contributed by atoms with Crippen molar-refractivity contribution in [1.29, 1.82) is 0 Å². The zero-order valence-electron chi connectivity index (χ0n) is 11.5. The van der Waals surface area contributed by atoms with E-state index in [0.29, 0.717) is 17.3 Å². The molecule has 0 radical (unpaired) electrons. The highest BCUT2D eigenvalue weighted by molar-refractivity contribution is 5.77. The maximum atomic E-state index is 14.1. The lowest BCUT2D eigenvalue weighted by atomic mass is 9.93. The molecule has 4 rings (SSSR count). The largest absolute Gasteiger partial charge is 0.383 e. The number of hydrogen-bond acceptors (Lipinski definition) is 2. The highest BCUT2D eigenvalue weighted by atomic mass is 19.1. The van der Waals surface area contributed by atoms with Gasteiger partial charge < -0.3 is 5.73 Å². The van der Waals surface area contributed by atoms with Crippen LogP contribution in [0.1, 0.15) is 30.9 Å². The van der Waals surface area contributed by atoms with Gasteiger partial charge in [-0.05, 0) is 37.2 Å². The van der Waals surface area contributed by atoms with Crippen LogP contribution >= 0.6 is 0 Å². The SMILES string of the molecule is Cn1nc(C2CC3CC3C2)c(-c2ccccc2F)c1N. The molecule has 0 aliphatic heterocycles. The van der Waals surface area contributed by atoms with Crippen molar-refractivity contribution in [2.45, 2.75) is 25.2 Å². The minimum atomic E-state index is -0.225. The van der Waals surface area contributed by atoms with Gasteiger partial charge in [0.25, 0.3) is 0 Å². The van der Waals surface area contributed by atoms with Crippen molar-refractivity contribution in [3.63, 3.8) is 0 Å². The Morgan fingerprint density at radius 3 is 2.60 bits per heavy atom. The number of anilines is 1. The van der Waals surface area contributed by atoms with Gasteiger partial charge in [0.05, 0.1) is 11.3 Å². The van der Waals surface area contributed by atoms with E-state index in [2.05, 4.69) is 5.10 Å². The van der Waals surface area contributed by atoms with Crippen molar-refractivity contribution in [3.05, 3.63) is 35.8 Å². The Hall–Kier alpha value is -1.84. The molecule has 2 fully saturated rings. The number of aromatic nitrogens is 2. The van der Waals surface area contributed by atoms with Gasteiger partial charge in [0, 0.05) is 18.5 Å². The molecule has 2 atom stereocenters. The molecule has 2 N–H and O–H groups in total. The quantitative estimate of drug-likeness (QED) is 0.910. The van der Waals surface area contributed by atoms with E-state index in [1.54, 1.807) is 16.8 Å². The summed E-state index contributed by atoms with van der Waals surface area (Å²) in [5, 5.41) is 4.59. The van der Waals surface area contributed by atoms with Gasteiger partial charge in [-0.15, -0.1) is 0 Å². The molecule has 20 heavy (non-hydrogen) atoms. The summed E-state index contributed by atoms with van der Waals surface area (Å²) in [6.45, 7) is 0. The van der Waals surface area contributed by atoms with Crippen LogP contribution in [0.2, 0.25) is 0 Å². The van der Waals surface area contributed by atoms with Crippen LogP contribution in [0, 0.1) is 17.7 Å². The Bertz CT molecular complexity index is 666. The molecule has 104 valence electrons. The molecule has 2 unspecified atom stereocenters. The van der Waals surface area contributed by atoms with Crippen molar-refractivity contribution in [2.24, 2.45) is 18.9 Å². The third kappa shape index (κ3) is 1.67. The number of nitrogens with two attached hydrogens (primary N) is 1. The van der Waals surface area contributed by atoms with Crippen LogP contribution < -0.4 is 5.73 Å². The van der Waals surface area contributed by atoms with E-state index in [-0.39, 0.29) is 5.82 Å². The smallest absolute Gasteiger partial charge is 0.131 e. The van der Waals surface area contributed by atoms with Gasteiger partial charge in [0.15, 0.2) is 0 Å². The summed E-state index contributed by atoms with van der Waals surface area (Å²) in [5.74, 6) is 2.52. The van der Waals surface area contributed by atoms with Crippen molar-refractivity contribution < 1.29 is 4.39 Å². The van der Waals surface area contributed by atoms with E-state index in [1.165, 1.54) is 25.3 Å². The standard InChI is InChI=1S/C16H18FN3/c1-20-16(18)14(12-4-2-3-5-13(12)17)15(19-20)11-7-9-6-10(9)8-11/h2-5,9-11H,6-8,18H2,1H3. The third-order valence-electron chi connectivity index (χ3n) is 4.89. The summed E-state index contributed by atoms with van der Waals surface area (Å²) < 4.78 is 15.8. The average molecular weight is 271 g/mol. The summed E-state index contributed by atoms with van der Waals surface area (Å²) in [6, 6.07) is 6.83. The van der Waals surface area contributed by atoms with Crippen LogP contribution in [-0.2, 0) is 7.05 Å². The molecule has 2 saturated carbocycles. The van der Waals surface area contributed by atoms with Crippen molar-refractivity contribution in [3.8, 4) is 11.1 Å². The Balaban J connectivity index is 1.84. The minimum absolute atomic E-state index is 0.225. The fourth-order valence-electron chi connectivity index (χ4n) is 3.72. The highest BCUT2D eigenvalue weighted by Gasteiger charge is 2.47. The first-order chi connectivity index (χ1) is 9.65. The lowest BCUT2D eigenvalue weighted by molar-refractivity contribution is 0.593.